The van der Waals surface area contributed by atoms with E-state index < -0.39 is 0 Å². The van der Waals surface area contributed by atoms with Gasteiger partial charge in [0.25, 0.3) is 0 Å². The molecule has 9 rings (SSSR count). The van der Waals surface area contributed by atoms with Gasteiger partial charge in [-0.15, -0.1) is 0 Å². The molecule has 1 nitrogen and oxygen atoms in total. The molecule has 0 radical (unpaired) electrons. The van der Waals surface area contributed by atoms with E-state index in [2.05, 4.69) is 196 Å². The van der Waals surface area contributed by atoms with Gasteiger partial charge in [-0.2, -0.15) is 0 Å². The molecule has 0 aromatic heterocycles. The highest BCUT2D eigenvalue weighted by Crippen LogP contribution is 2.51. The predicted octanol–water partition coefficient (Wildman–Crippen LogP) is 13.7. The molecular weight excluding hydrogens is 591 g/mol. The van der Waals surface area contributed by atoms with E-state index in [1.807, 2.05) is 0 Å². The van der Waals surface area contributed by atoms with Crippen molar-refractivity contribution in [2.75, 3.05) is 4.90 Å². The quantitative estimate of drug-likeness (QED) is 0.183. The minimum absolute atomic E-state index is 0.153. The van der Waals surface area contributed by atoms with Crippen LogP contribution in [0.4, 0.5) is 17.1 Å². The lowest BCUT2D eigenvalue weighted by Crippen LogP contribution is -2.10. The molecule has 0 unspecified atom stereocenters. The van der Waals surface area contributed by atoms with Gasteiger partial charge in [-0.1, -0.05) is 124 Å². The molecule has 8 aromatic carbocycles. The summed E-state index contributed by atoms with van der Waals surface area (Å²) in [4.78, 5) is 2.35. The molecule has 1 aliphatic rings. The summed E-state index contributed by atoms with van der Waals surface area (Å²) >= 11 is 0. The second kappa shape index (κ2) is 11.4. The van der Waals surface area contributed by atoms with Gasteiger partial charge in [0.05, 0.1) is 0 Å². The molecule has 0 heterocycles. The Kier molecular flexibility index (Phi) is 6.78. The lowest BCUT2D eigenvalue weighted by molar-refractivity contribution is 0.590. The maximum Gasteiger partial charge on any atom is 0.0468 e. The van der Waals surface area contributed by atoms with Gasteiger partial charge >= 0.3 is 0 Å². The Morgan fingerprint density at radius 2 is 0.755 bits per heavy atom. The zero-order valence-electron chi connectivity index (χ0n) is 28.1. The normalized spacial score (nSPS) is 12.0. The molecule has 0 aliphatic heterocycles. The molecule has 0 spiro atoms. The fraction of sp³-hybridized carbons (Fsp3) is 0.0833. The molecule has 0 amide bonds. The van der Waals surface area contributed by atoms with E-state index in [-0.39, 0.29) is 5.41 Å². The predicted molar refractivity (Wildman–Crippen MR) is 210 cm³/mol. The SMILES string of the molecule is CC(C)(C)c1ccc(-c2ccc3cc4c(cc3c2)-c2cc3ccc(N(c5ccccc5)c5ccc(-c6ccccc6)cc5)cc3cc2-4)cc1. The first-order valence-electron chi connectivity index (χ1n) is 17.2. The standard InChI is InChI=1S/C48H37N/c1-48(2,3)40-21-16-34(17-22-40)35-14-15-36-28-44-46(30-38(36)26-35)45-29-37-20-25-43(27-39(37)31-47(44)45)49(41-12-8-5-9-13-41)42-23-18-33(19-24-42)32-10-6-4-7-11-32/h4-31H,1-3H3. The van der Waals surface area contributed by atoms with E-state index in [0.29, 0.717) is 0 Å². The molecule has 0 bridgehead atoms. The van der Waals surface area contributed by atoms with Crippen molar-refractivity contribution < 1.29 is 0 Å². The zero-order chi connectivity index (χ0) is 33.1. The summed E-state index contributed by atoms with van der Waals surface area (Å²) in [5, 5.41) is 5.07. The van der Waals surface area contributed by atoms with Crippen molar-refractivity contribution in [3.8, 4) is 44.5 Å². The van der Waals surface area contributed by atoms with Gasteiger partial charge in [0.1, 0.15) is 0 Å². The fourth-order valence-corrected chi connectivity index (χ4v) is 7.35. The number of hydrogen-bond acceptors (Lipinski definition) is 1. The van der Waals surface area contributed by atoms with Crippen molar-refractivity contribution in [2.24, 2.45) is 0 Å². The molecule has 8 aromatic rings. The molecule has 0 saturated heterocycles. The van der Waals surface area contributed by atoms with E-state index in [0.717, 1.165) is 17.1 Å². The number of anilines is 3. The van der Waals surface area contributed by atoms with Gasteiger partial charge in [-0.05, 0) is 144 Å². The molecule has 234 valence electrons. The van der Waals surface area contributed by atoms with Crippen LogP contribution in [0.1, 0.15) is 26.3 Å². The van der Waals surface area contributed by atoms with E-state index in [1.165, 1.54) is 71.6 Å². The van der Waals surface area contributed by atoms with Crippen LogP contribution in [0.3, 0.4) is 0 Å². The van der Waals surface area contributed by atoms with Gasteiger partial charge in [0, 0.05) is 17.1 Å². The van der Waals surface area contributed by atoms with Crippen LogP contribution in [0.2, 0.25) is 0 Å². The van der Waals surface area contributed by atoms with E-state index in [4.69, 9.17) is 0 Å². The molecule has 0 fully saturated rings. The summed E-state index contributed by atoms with van der Waals surface area (Å²) < 4.78 is 0. The number of hydrogen-bond donors (Lipinski definition) is 0. The van der Waals surface area contributed by atoms with Gasteiger partial charge in [-0.25, -0.2) is 0 Å². The van der Waals surface area contributed by atoms with Gasteiger partial charge < -0.3 is 4.90 Å². The highest BCUT2D eigenvalue weighted by molar-refractivity contribution is 6.12. The highest BCUT2D eigenvalue weighted by Gasteiger charge is 2.24. The molecule has 0 N–H and O–H groups in total. The molecule has 0 atom stereocenters. The Hall–Kier alpha value is -5.92. The number of para-hydroxylation sites is 1. The van der Waals surface area contributed by atoms with Gasteiger partial charge in [0.2, 0.25) is 0 Å². The second-order valence-electron chi connectivity index (χ2n) is 14.3. The van der Waals surface area contributed by atoms with Gasteiger partial charge in [-0.3, -0.25) is 0 Å². The summed E-state index contributed by atoms with van der Waals surface area (Å²) in [6.45, 7) is 6.79. The van der Waals surface area contributed by atoms with Gasteiger partial charge in [0.15, 0.2) is 0 Å². The first-order valence-corrected chi connectivity index (χ1v) is 17.2. The minimum atomic E-state index is 0.153. The lowest BCUT2D eigenvalue weighted by atomic mass is 9.77. The lowest BCUT2D eigenvalue weighted by Gasteiger charge is -2.28. The summed E-state index contributed by atoms with van der Waals surface area (Å²) in [7, 11) is 0. The van der Waals surface area contributed by atoms with Crippen LogP contribution >= 0.6 is 0 Å². The van der Waals surface area contributed by atoms with E-state index in [9.17, 15) is 0 Å². The van der Waals surface area contributed by atoms with Crippen LogP contribution in [0.5, 0.6) is 0 Å². The molecule has 49 heavy (non-hydrogen) atoms. The minimum Gasteiger partial charge on any atom is -0.310 e. The average molecular weight is 628 g/mol. The Balaban J connectivity index is 1.07. The van der Waals surface area contributed by atoms with Crippen molar-refractivity contribution in [1.82, 2.24) is 0 Å². The van der Waals surface area contributed by atoms with E-state index >= 15 is 0 Å². The fourth-order valence-electron chi connectivity index (χ4n) is 7.35. The largest absolute Gasteiger partial charge is 0.310 e. The Morgan fingerprint density at radius 3 is 1.37 bits per heavy atom. The van der Waals surface area contributed by atoms with Crippen molar-refractivity contribution in [1.29, 1.82) is 0 Å². The van der Waals surface area contributed by atoms with Crippen molar-refractivity contribution >= 4 is 38.6 Å². The number of rotatable bonds is 5. The topological polar surface area (TPSA) is 3.24 Å². The number of fused-ring (bicyclic) bond motifs is 6. The first kappa shape index (κ1) is 29.2. The van der Waals surface area contributed by atoms with Crippen molar-refractivity contribution in [3.05, 3.63) is 175 Å². The van der Waals surface area contributed by atoms with Crippen LogP contribution in [-0.2, 0) is 5.41 Å². The van der Waals surface area contributed by atoms with E-state index in [1.54, 1.807) is 0 Å². The summed E-state index contributed by atoms with van der Waals surface area (Å²) in [6, 6.07) is 62.4. The number of nitrogens with zero attached hydrogens (tertiary/aromatic N) is 1. The Labute approximate surface area is 288 Å². The molecule has 1 heteroatoms. The maximum atomic E-state index is 2.39. The average Bonchev–Trinajstić information content (AvgIpc) is 3.14. The monoisotopic (exact) mass is 627 g/mol. The molecule has 1 aliphatic carbocycles. The number of benzene rings is 8. The Bertz CT molecular complexity index is 2480. The van der Waals surface area contributed by atoms with Crippen LogP contribution in [-0.4, -0.2) is 0 Å². The van der Waals surface area contributed by atoms with Crippen LogP contribution in [0.15, 0.2) is 170 Å². The Morgan fingerprint density at radius 1 is 0.327 bits per heavy atom. The highest BCUT2D eigenvalue weighted by atomic mass is 15.1. The van der Waals surface area contributed by atoms with Crippen molar-refractivity contribution in [2.45, 2.75) is 26.2 Å². The van der Waals surface area contributed by atoms with Crippen LogP contribution < -0.4 is 4.90 Å². The molecular formula is C48H37N. The third-order valence-corrected chi connectivity index (χ3v) is 10.1. The maximum absolute atomic E-state index is 2.39. The zero-order valence-corrected chi connectivity index (χ0v) is 28.1. The summed E-state index contributed by atoms with van der Waals surface area (Å²) in [5.41, 5.74) is 15.3. The third kappa shape index (κ3) is 5.19. The second-order valence-corrected chi connectivity index (χ2v) is 14.3. The summed E-state index contributed by atoms with van der Waals surface area (Å²) in [6.07, 6.45) is 0. The first-order chi connectivity index (χ1) is 23.9. The smallest absolute Gasteiger partial charge is 0.0468 e. The third-order valence-electron chi connectivity index (χ3n) is 10.1. The van der Waals surface area contributed by atoms with Crippen LogP contribution in [0.25, 0.3) is 66.1 Å². The van der Waals surface area contributed by atoms with Crippen molar-refractivity contribution in [3.63, 3.8) is 0 Å². The molecule has 0 saturated carbocycles. The van der Waals surface area contributed by atoms with Crippen LogP contribution in [0, 0.1) is 0 Å². The summed E-state index contributed by atoms with van der Waals surface area (Å²) in [5.74, 6) is 0.